The molecule has 4 aromatic carbocycles. The molecule has 0 saturated heterocycles. The fraction of sp³-hybridized carbons (Fsp3) is 0.111. The topological polar surface area (TPSA) is 18.5 Å². The minimum Gasteiger partial charge on any atom is -0.429 e. The molecule has 0 radical (unpaired) electrons. The number of ether oxygens (including phenoxy) is 2. The summed E-state index contributed by atoms with van der Waals surface area (Å²) in [6, 6.07) is 12.4. The van der Waals surface area contributed by atoms with Crippen molar-refractivity contribution in [3.05, 3.63) is 119 Å². The predicted octanol–water partition coefficient (Wildman–Crippen LogP) is 8.48. The maximum Gasteiger partial charge on any atom is 0.426 e. The quantitative estimate of drug-likeness (QED) is 0.226. The Labute approximate surface area is 205 Å². The first-order valence-electron chi connectivity index (χ1n) is 10.6. The first kappa shape index (κ1) is 26.0. The molecule has 0 bridgehead atoms. The Morgan fingerprint density at radius 3 is 1.73 bits per heavy atom. The van der Waals surface area contributed by atoms with E-state index < -0.39 is 63.7 Å². The van der Waals surface area contributed by atoms with Crippen molar-refractivity contribution >= 4 is 0 Å². The van der Waals surface area contributed by atoms with Crippen LogP contribution in [0, 0.1) is 30.2 Å². The molecule has 0 aliphatic heterocycles. The van der Waals surface area contributed by atoms with Gasteiger partial charge in [0.25, 0.3) is 0 Å². The Balaban J connectivity index is 1.55. The van der Waals surface area contributed by atoms with Crippen molar-refractivity contribution in [2.24, 2.45) is 0 Å². The second-order valence-corrected chi connectivity index (χ2v) is 8.00. The summed E-state index contributed by atoms with van der Waals surface area (Å²) in [5.74, 6) is -7.54. The molecule has 10 heteroatoms. The molecular weight excluding hydrogens is 508 g/mol. The van der Waals surface area contributed by atoms with Crippen LogP contribution in [0.25, 0.3) is 11.1 Å². The summed E-state index contributed by atoms with van der Waals surface area (Å²) in [5.41, 5.74) is -1.04. The zero-order chi connectivity index (χ0) is 27.0. The van der Waals surface area contributed by atoms with Crippen LogP contribution >= 0.6 is 0 Å². The maximum absolute atomic E-state index is 14.7. The van der Waals surface area contributed by atoms with Crippen LogP contribution < -0.4 is 9.47 Å². The van der Waals surface area contributed by atoms with Crippen molar-refractivity contribution in [2.45, 2.75) is 19.1 Å². The highest BCUT2D eigenvalue weighted by molar-refractivity contribution is 5.65. The van der Waals surface area contributed by atoms with Crippen molar-refractivity contribution in [2.75, 3.05) is 0 Å². The number of hydrogen-bond acceptors (Lipinski definition) is 2. The molecule has 0 aliphatic carbocycles. The Bertz CT molecular complexity index is 1420. The second-order valence-electron chi connectivity index (χ2n) is 8.00. The molecule has 0 fully saturated rings. The van der Waals surface area contributed by atoms with Gasteiger partial charge in [-0.15, -0.1) is 0 Å². The predicted molar refractivity (Wildman–Crippen MR) is 118 cm³/mol. The van der Waals surface area contributed by atoms with Gasteiger partial charge in [0.1, 0.15) is 5.75 Å². The van der Waals surface area contributed by atoms with Gasteiger partial charge in [0.15, 0.2) is 23.2 Å². The first-order valence-corrected chi connectivity index (χ1v) is 10.6. The minimum absolute atomic E-state index is 0.0550. The number of alkyl halides is 4. The molecule has 0 heterocycles. The van der Waals surface area contributed by atoms with E-state index in [0.29, 0.717) is 17.7 Å². The van der Waals surface area contributed by atoms with Crippen LogP contribution in [0.5, 0.6) is 11.5 Å². The van der Waals surface area contributed by atoms with E-state index in [0.717, 1.165) is 54.6 Å². The third-order valence-corrected chi connectivity index (χ3v) is 5.34. The minimum atomic E-state index is -3.98. The summed E-state index contributed by atoms with van der Waals surface area (Å²) in [6.45, 7) is 1.68. The van der Waals surface area contributed by atoms with Crippen LogP contribution in [0.3, 0.4) is 0 Å². The molecule has 37 heavy (non-hydrogen) atoms. The van der Waals surface area contributed by atoms with Crippen LogP contribution in [0.2, 0.25) is 0 Å². The second kappa shape index (κ2) is 9.76. The lowest BCUT2D eigenvalue weighted by Gasteiger charge is -2.20. The number of aryl methyl sites for hydroxylation is 1. The van der Waals surface area contributed by atoms with Gasteiger partial charge in [-0.3, -0.25) is 0 Å². The zero-order valence-electron chi connectivity index (χ0n) is 18.8. The smallest absolute Gasteiger partial charge is 0.426 e. The summed E-state index contributed by atoms with van der Waals surface area (Å²) in [4.78, 5) is 0. The van der Waals surface area contributed by atoms with Crippen molar-refractivity contribution in [1.29, 1.82) is 0 Å². The third-order valence-electron chi connectivity index (χ3n) is 5.34. The van der Waals surface area contributed by atoms with E-state index in [2.05, 4.69) is 9.47 Å². The largest absolute Gasteiger partial charge is 0.429 e. The lowest BCUT2D eigenvalue weighted by atomic mass is 10.0. The number of hydrogen-bond donors (Lipinski definition) is 0. The highest BCUT2D eigenvalue weighted by atomic mass is 19.3. The van der Waals surface area contributed by atoms with E-state index >= 15 is 0 Å². The molecule has 4 rings (SSSR count). The Kier molecular flexibility index (Phi) is 6.86. The average molecular weight is 524 g/mol. The Morgan fingerprint density at radius 1 is 0.568 bits per heavy atom. The normalized spacial score (nSPS) is 11.9. The van der Waals surface area contributed by atoms with Crippen molar-refractivity contribution < 1.29 is 44.6 Å². The van der Waals surface area contributed by atoms with E-state index in [1.807, 2.05) is 0 Å². The Morgan fingerprint density at radius 2 is 1.14 bits per heavy atom. The van der Waals surface area contributed by atoms with E-state index in [-0.39, 0.29) is 5.56 Å². The van der Waals surface area contributed by atoms with E-state index in [4.69, 9.17) is 0 Å². The van der Waals surface area contributed by atoms with Gasteiger partial charge in [-0.05, 0) is 61.0 Å². The van der Waals surface area contributed by atoms with Gasteiger partial charge >= 0.3 is 12.2 Å². The van der Waals surface area contributed by atoms with Crippen LogP contribution in [0.15, 0.2) is 78.9 Å². The van der Waals surface area contributed by atoms with Gasteiger partial charge < -0.3 is 9.47 Å². The molecule has 0 aliphatic rings. The third kappa shape index (κ3) is 5.52. The van der Waals surface area contributed by atoms with Gasteiger partial charge in [-0.1, -0.05) is 29.8 Å². The van der Waals surface area contributed by atoms with Crippen LogP contribution in [-0.4, -0.2) is 0 Å². The van der Waals surface area contributed by atoms with Crippen LogP contribution in [-0.2, 0) is 12.2 Å². The summed E-state index contributed by atoms with van der Waals surface area (Å²) in [7, 11) is 0. The average Bonchev–Trinajstić information content (AvgIpc) is 2.85. The monoisotopic (exact) mass is 524 g/mol. The maximum atomic E-state index is 14.7. The zero-order valence-corrected chi connectivity index (χ0v) is 18.8. The van der Waals surface area contributed by atoms with Crippen molar-refractivity contribution in [1.82, 2.24) is 0 Å². The molecule has 0 aromatic heterocycles. The molecule has 0 N–H and O–H groups in total. The highest BCUT2D eigenvalue weighted by Gasteiger charge is 2.37. The van der Waals surface area contributed by atoms with Crippen molar-refractivity contribution in [3.63, 3.8) is 0 Å². The van der Waals surface area contributed by atoms with Gasteiger partial charge in [0.2, 0.25) is 5.82 Å². The Hall–Kier alpha value is -4.08. The van der Waals surface area contributed by atoms with Gasteiger partial charge in [0.05, 0.1) is 11.1 Å². The first-order chi connectivity index (χ1) is 17.4. The summed E-state index contributed by atoms with van der Waals surface area (Å²) < 4.78 is 122. The highest BCUT2D eigenvalue weighted by Crippen LogP contribution is 2.37. The SMILES string of the molecule is Cc1ccc(C(F)(F)Oc2ccc(-c3ccc(C(F)(F)Oc4ccc(F)c(F)c4)cc3)c(F)c2F)cc1. The van der Waals surface area contributed by atoms with E-state index in [1.54, 1.807) is 6.92 Å². The molecule has 2 nitrogen and oxygen atoms in total. The van der Waals surface area contributed by atoms with Crippen molar-refractivity contribution in [3.8, 4) is 22.6 Å². The fourth-order valence-corrected chi connectivity index (χ4v) is 3.37. The van der Waals surface area contributed by atoms with Gasteiger partial charge in [-0.2, -0.15) is 22.0 Å². The van der Waals surface area contributed by atoms with Crippen LogP contribution in [0.4, 0.5) is 35.1 Å². The van der Waals surface area contributed by atoms with E-state index in [9.17, 15) is 35.1 Å². The van der Waals surface area contributed by atoms with Gasteiger partial charge in [0, 0.05) is 11.6 Å². The molecule has 192 valence electrons. The number of rotatable bonds is 7. The lowest BCUT2D eigenvalue weighted by molar-refractivity contribution is -0.187. The number of benzene rings is 4. The van der Waals surface area contributed by atoms with Gasteiger partial charge in [-0.25, -0.2) is 13.2 Å². The van der Waals surface area contributed by atoms with E-state index in [1.165, 1.54) is 12.1 Å². The standard InChI is InChI=1S/C27H16F8O2/c1-15-2-6-17(7-3-15)27(34,35)37-23-13-11-20(24(30)25(23)31)16-4-8-18(9-5-16)26(32,33)36-19-10-12-21(28)22(29)14-19/h2-14H,1H3. The molecule has 0 saturated carbocycles. The molecule has 4 aromatic rings. The molecule has 0 spiro atoms. The molecular formula is C27H16F8O2. The van der Waals surface area contributed by atoms with Crippen LogP contribution in [0.1, 0.15) is 16.7 Å². The number of halogens is 8. The summed E-state index contributed by atoms with van der Waals surface area (Å²) in [5, 5.41) is 0. The summed E-state index contributed by atoms with van der Waals surface area (Å²) >= 11 is 0. The molecule has 0 atom stereocenters. The lowest BCUT2D eigenvalue weighted by Crippen LogP contribution is -2.22. The molecule has 0 unspecified atom stereocenters. The summed E-state index contributed by atoms with van der Waals surface area (Å²) in [6.07, 6.45) is -7.94. The molecule has 0 amide bonds. The fourth-order valence-electron chi connectivity index (χ4n) is 3.37.